The largest absolute Gasteiger partial charge is 0.462 e. The number of para-hydroxylation sites is 2. The van der Waals surface area contributed by atoms with Crippen LogP contribution in [-0.2, 0) is 44.0 Å². The van der Waals surface area contributed by atoms with E-state index in [-0.39, 0.29) is 49.7 Å². The van der Waals surface area contributed by atoms with Gasteiger partial charge in [-0.2, -0.15) is 0 Å². The summed E-state index contributed by atoms with van der Waals surface area (Å²) < 4.78 is 25.8. The molecule has 0 radical (unpaired) electrons. The average molecular weight is 1590 g/mol. The molecule has 0 bridgehead atoms. The van der Waals surface area contributed by atoms with Crippen molar-refractivity contribution in [3.8, 4) is 33.3 Å². The van der Waals surface area contributed by atoms with Gasteiger partial charge in [0.1, 0.15) is 44.2 Å². The van der Waals surface area contributed by atoms with Crippen molar-refractivity contribution in [2.24, 2.45) is 5.41 Å². The summed E-state index contributed by atoms with van der Waals surface area (Å²) in [5, 5.41) is 21.9. The lowest BCUT2D eigenvalue weighted by atomic mass is 9.69. The summed E-state index contributed by atoms with van der Waals surface area (Å²) in [5.41, 5.74) is 21.0. The molecule has 0 atom stereocenters. The first-order valence-corrected chi connectivity index (χ1v) is 42.5. The van der Waals surface area contributed by atoms with Crippen LogP contribution in [0.2, 0.25) is 0 Å². The van der Waals surface area contributed by atoms with Gasteiger partial charge in [-0.25, -0.2) is 39.8 Å². The molecule has 0 unspecified atom stereocenters. The molecule has 117 heavy (non-hydrogen) atoms. The number of benzene rings is 6. The minimum Gasteiger partial charge on any atom is -0.462 e. The van der Waals surface area contributed by atoms with Gasteiger partial charge in [0, 0.05) is 103 Å². The zero-order chi connectivity index (χ0) is 82.6. The normalized spacial score (nSPS) is 18.5. The van der Waals surface area contributed by atoms with E-state index in [0.717, 1.165) is 137 Å². The van der Waals surface area contributed by atoms with E-state index in [2.05, 4.69) is 173 Å². The number of nitriles is 2. The molecule has 0 aliphatic carbocycles. The predicted octanol–water partition coefficient (Wildman–Crippen LogP) is 23.5. The number of fused-ring (bicyclic) bond motifs is 5. The molecule has 594 valence electrons. The minimum atomic E-state index is -0.344. The van der Waals surface area contributed by atoms with Crippen molar-refractivity contribution in [2.45, 2.75) is 170 Å². The summed E-state index contributed by atoms with van der Waals surface area (Å²) in [7, 11) is 0. The topological polar surface area (TPSA) is 174 Å². The third-order valence-corrected chi connectivity index (χ3v) is 26.4. The van der Waals surface area contributed by atoms with E-state index < -0.39 is 0 Å². The van der Waals surface area contributed by atoms with Crippen LogP contribution in [0.25, 0.3) is 85.4 Å². The zero-order valence-corrected chi connectivity index (χ0v) is 71.2. The highest BCUT2D eigenvalue weighted by Gasteiger charge is 2.43. The van der Waals surface area contributed by atoms with Gasteiger partial charge in [0.2, 0.25) is 0 Å². The molecular formula is C99H100N10O6S2. The van der Waals surface area contributed by atoms with Crippen molar-refractivity contribution < 1.29 is 18.3 Å². The van der Waals surface area contributed by atoms with E-state index >= 15 is 0 Å². The van der Waals surface area contributed by atoms with Crippen LogP contribution in [0.1, 0.15) is 180 Å². The van der Waals surface area contributed by atoms with Gasteiger partial charge in [-0.05, 0) is 259 Å². The molecule has 0 saturated heterocycles. The molecule has 12 heterocycles. The first-order valence-electron chi connectivity index (χ1n) is 40.9. The molecule has 16 nitrogen and oxygen atoms in total. The number of hydrogen-bond acceptors (Lipinski definition) is 16. The molecule has 10 aromatic rings. The summed E-state index contributed by atoms with van der Waals surface area (Å²) in [6.07, 6.45) is 24.4. The molecule has 4 aromatic heterocycles. The molecule has 18 rings (SSSR count). The molecule has 0 amide bonds. The van der Waals surface area contributed by atoms with Crippen molar-refractivity contribution in [2.75, 3.05) is 72.0 Å². The van der Waals surface area contributed by atoms with Crippen LogP contribution in [-0.4, -0.2) is 62.3 Å². The van der Waals surface area contributed by atoms with Crippen molar-refractivity contribution in [1.29, 1.82) is 10.5 Å². The highest BCUT2D eigenvalue weighted by Crippen LogP contribution is 2.54. The number of nitrogens with zero attached hydrogens (tertiary/aromatic N) is 10. The van der Waals surface area contributed by atoms with Gasteiger partial charge in [-0.1, -0.05) is 113 Å². The van der Waals surface area contributed by atoms with Crippen LogP contribution in [0.5, 0.6) is 0 Å². The Morgan fingerprint density at radius 3 is 1.56 bits per heavy atom. The monoisotopic (exact) mass is 1590 g/mol. The second-order valence-electron chi connectivity index (χ2n) is 35.2. The molecule has 0 spiro atoms. The third-order valence-electron chi connectivity index (χ3n) is 24.3. The SMILES string of the molecule is CC1(C)CCN2CCC(C)(C)c3c2c1cc1cc(-c2nc4ccccc4s2)c(=O)oc31.CCN(CC)c1ccc2cc(-c3nc4ccccc4s3)c(=O)oc2c1.[C-]#[N+]/C(C#N)=C1/C=C(C)OC(/C=C/c2cc3c4c(c2)CCCN4CCC3)=C1.[C-]#[N+]/C(C#N)=C1C=C(/C=C/c2cc3c4c(c2)C(C)(C)CCN4CCC3(C)C)OC(C(C)(C)C)=C/1. The lowest BCUT2D eigenvalue weighted by Gasteiger charge is -2.48. The quantitative estimate of drug-likeness (QED) is 0.0758. The zero-order valence-electron chi connectivity index (χ0n) is 69.6. The summed E-state index contributed by atoms with van der Waals surface area (Å²) >= 11 is 3.05. The lowest BCUT2D eigenvalue weighted by Crippen LogP contribution is -2.44. The Labute approximate surface area is 694 Å². The predicted molar refractivity (Wildman–Crippen MR) is 479 cm³/mol. The number of rotatable bonds is 9. The molecule has 6 aromatic carbocycles. The lowest BCUT2D eigenvalue weighted by molar-refractivity contribution is 0.223. The first-order chi connectivity index (χ1) is 56.0. The number of thiazole rings is 2. The first kappa shape index (κ1) is 80.4. The van der Waals surface area contributed by atoms with Gasteiger partial charge in [0.05, 0.1) is 56.8 Å². The van der Waals surface area contributed by atoms with Crippen LogP contribution >= 0.6 is 22.7 Å². The maximum Gasteiger partial charge on any atom is 0.346 e. The van der Waals surface area contributed by atoms with E-state index in [1.807, 2.05) is 110 Å². The molecular weight excluding hydrogens is 1490 g/mol. The fourth-order valence-corrected chi connectivity index (χ4v) is 19.4. The van der Waals surface area contributed by atoms with E-state index in [1.54, 1.807) is 29.6 Å². The van der Waals surface area contributed by atoms with Crippen LogP contribution in [0.3, 0.4) is 0 Å². The Hall–Kier alpha value is -11.8. The van der Waals surface area contributed by atoms with Gasteiger partial charge in [-0.3, -0.25) is 0 Å². The molecule has 0 N–H and O–H groups in total. The van der Waals surface area contributed by atoms with Gasteiger partial charge in [-0.15, -0.1) is 22.7 Å². The van der Waals surface area contributed by atoms with Crippen molar-refractivity contribution in [3.63, 3.8) is 0 Å². The summed E-state index contributed by atoms with van der Waals surface area (Å²) in [6.45, 7) is 54.0. The Morgan fingerprint density at radius 1 is 0.556 bits per heavy atom. The van der Waals surface area contributed by atoms with Crippen LogP contribution in [0.15, 0.2) is 210 Å². The second kappa shape index (κ2) is 32.0. The van der Waals surface area contributed by atoms with Crippen molar-refractivity contribution >= 4 is 99.9 Å². The fraction of sp³-hybridized carbons (Fsp3) is 0.354. The maximum atomic E-state index is 13.2. The Morgan fingerprint density at radius 2 is 1.03 bits per heavy atom. The van der Waals surface area contributed by atoms with E-state index in [9.17, 15) is 14.9 Å². The number of ether oxygens (including phenoxy) is 2. The van der Waals surface area contributed by atoms with E-state index in [0.29, 0.717) is 50.1 Å². The van der Waals surface area contributed by atoms with Gasteiger partial charge >= 0.3 is 11.3 Å². The number of aromatic nitrogens is 2. The van der Waals surface area contributed by atoms with Crippen molar-refractivity contribution in [1.82, 2.24) is 9.97 Å². The van der Waals surface area contributed by atoms with Crippen LogP contribution in [0, 0.1) is 41.2 Å². The summed E-state index contributed by atoms with van der Waals surface area (Å²) in [4.78, 5) is 51.5. The fourth-order valence-electron chi connectivity index (χ4n) is 17.4. The van der Waals surface area contributed by atoms with Crippen LogP contribution < -0.4 is 30.9 Å². The minimum absolute atomic E-state index is 0.0408. The summed E-state index contributed by atoms with van der Waals surface area (Å²) in [6, 6.07) is 41.3. The number of aryl methyl sites for hydroxylation is 2. The van der Waals surface area contributed by atoms with Gasteiger partial charge in [0.25, 0.3) is 11.4 Å². The van der Waals surface area contributed by atoms with E-state index in [1.165, 1.54) is 93.3 Å². The maximum absolute atomic E-state index is 13.2. The highest BCUT2D eigenvalue weighted by molar-refractivity contribution is 7.22. The number of allylic oxidation sites excluding steroid dienone is 12. The highest BCUT2D eigenvalue weighted by atomic mass is 32.1. The van der Waals surface area contributed by atoms with Gasteiger partial charge < -0.3 is 37.9 Å². The smallest absolute Gasteiger partial charge is 0.346 e. The van der Waals surface area contributed by atoms with Gasteiger partial charge in [0.15, 0.2) is 0 Å². The average Bonchev–Trinajstić information content (AvgIpc) is 0.770. The molecule has 18 heteroatoms. The van der Waals surface area contributed by atoms with Crippen molar-refractivity contribution in [3.05, 3.63) is 279 Å². The van der Waals surface area contributed by atoms with E-state index in [4.69, 9.17) is 41.7 Å². The third kappa shape index (κ3) is 16.2. The molecule has 8 aliphatic rings. The van der Waals surface area contributed by atoms with Crippen LogP contribution in [0.4, 0.5) is 22.7 Å². The Bertz CT molecular complexity index is 6100. The standard InChI is InChI=1S/C30H35N3O.C26H26N2O2S.C23H21N3O.C20H18N2O2S/c1-28(2,3)26-18-21(25(19-31)32-8)17-22(34-26)10-9-20-15-23-27-24(16-20)30(6,7)12-14-33(27)13-11-29(23,4)5;1-25(2)9-11-28-12-10-26(3,4)20-21(28)17(25)14-15-13-16(24(29)30-22(15)20)23-27-18-7-5-6-8-19(18)31-23;1-16-11-20(22(15-24)25-2)14-21(27-16)8-7-17-12-18-5-3-9-26-10-4-6-19(13-17)23(18)26;1-3-22(4-2)14-10-9-13-11-15(20(23)24-17(13)12-14)19-21-16-7-5-6-8-18(16)25-19/h9-10,15-18H,11-14H2,1-7H3;5-8,13-14H,9-12H2,1-4H3;7-8,11-14H,3-6,9-10H2,1H3;5-12H,3-4H2,1-2H3/b10-9+,25-21-;;8-7+,22-20-;. The number of anilines is 4. The molecule has 8 aliphatic heterocycles. The molecule has 0 saturated carbocycles. The Balaban J connectivity index is 0.000000123. The number of hydrogen-bond donors (Lipinski definition) is 0. The second-order valence-corrected chi connectivity index (χ2v) is 37.3. The Kier molecular flexibility index (Phi) is 22.0. The summed E-state index contributed by atoms with van der Waals surface area (Å²) in [5.74, 6) is 2.72. The molecule has 0 fully saturated rings.